The van der Waals surface area contributed by atoms with Gasteiger partial charge in [0.2, 0.25) is 0 Å². The second-order valence-electron chi connectivity index (χ2n) is 14.5. The fraction of sp³-hybridized carbons (Fsp3) is 0.978. The van der Waals surface area contributed by atoms with Gasteiger partial charge in [-0.1, -0.05) is 129 Å². The monoisotopic (exact) mass is 823 g/mol. The van der Waals surface area contributed by atoms with E-state index in [1.807, 2.05) is 0 Å². The van der Waals surface area contributed by atoms with Gasteiger partial charge in [-0.05, 0) is 12.8 Å². The Balaban J connectivity index is 3.08. The van der Waals surface area contributed by atoms with Crippen molar-refractivity contribution in [1.82, 2.24) is 0 Å². The summed E-state index contributed by atoms with van der Waals surface area (Å²) in [5.41, 5.74) is 0. The quantitative estimate of drug-likeness (QED) is 0.0431. The predicted molar refractivity (Wildman–Crippen MR) is 227 cm³/mol. The Morgan fingerprint density at radius 1 is 0.246 bits per heavy atom. The Labute approximate surface area is 349 Å². The van der Waals surface area contributed by atoms with Crippen LogP contribution in [0, 0.1) is 0 Å². The molecule has 0 aliphatic heterocycles. The van der Waals surface area contributed by atoms with Gasteiger partial charge in [-0.2, -0.15) is 0 Å². The zero-order chi connectivity index (χ0) is 41.1. The first-order chi connectivity index (χ1) is 28.3. The van der Waals surface area contributed by atoms with E-state index in [0.29, 0.717) is 132 Å². The molecule has 0 aromatic carbocycles. The fourth-order valence-corrected chi connectivity index (χ4v) is 5.82. The lowest BCUT2D eigenvalue weighted by atomic mass is 10.0. The molecule has 0 rings (SSSR count). The summed E-state index contributed by atoms with van der Waals surface area (Å²) >= 11 is 0. The summed E-state index contributed by atoms with van der Waals surface area (Å²) in [4.78, 5) is 11.6. The number of unbranched alkanes of at least 4 members (excludes halogenated alkanes) is 18. The fourth-order valence-electron chi connectivity index (χ4n) is 5.82. The van der Waals surface area contributed by atoms with Crippen LogP contribution in [0.4, 0.5) is 0 Å². The van der Waals surface area contributed by atoms with Crippen LogP contribution in [0.25, 0.3) is 0 Å². The molecule has 0 radical (unpaired) electrons. The van der Waals surface area contributed by atoms with Gasteiger partial charge in [0, 0.05) is 13.0 Å². The highest BCUT2D eigenvalue weighted by Gasteiger charge is 2.02. The van der Waals surface area contributed by atoms with E-state index >= 15 is 0 Å². The molecule has 0 bridgehead atoms. The molecule has 0 aromatic heterocycles. The first-order valence-electron chi connectivity index (χ1n) is 23.2. The van der Waals surface area contributed by atoms with E-state index < -0.39 is 0 Å². The van der Waals surface area contributed by atoms with Crippen molar-refractivity contribution in [3.05, 3.63) is 0 Å². The Morgan fingerprint density at radius 2 is 0.456 bits per heavy atom. The minimum absolute atomic E-state index is 0.149. The molecule has 0 atom stereocenters. The van der Waals surface area contributed by atoms with Crippen molar-refractivity contribution >= 4 is 5.97 Å². The molecule has 0 spiro atoms. The van der Waals surface area contributed by atoms with Crippen LogP contribution in [0.2, 0.25) is 0 Å². The van der Waals surface area contributed by atoms with Crippen LogP contribution < -0.4 is 0 Å². The van der Waals surface area contributed by atoms with E-state index in [1.54, 1.807) is 0 Å². The maximum Gasteiger partial charge on any atom is 0.305 e. The van der Waals surface area contributed by atoms with Gasteiger partial charge in [-0.3, -0.25) is 4.79 Å². The van der Waals surface area contributed by atoms with Gasteiger partial charge >= 0.3 is 5.97 Å². The van der Waals surface area contributed by atoms with Gasteiger partial charge in [-0.25, -0.2) is 0 Å². The molecule has 0 amide bonds. The second kappa shape index (κ2) is 53.1. The molecule has 12 heteroatoms. The average molecular weight is 823 g/mol. The highest BCUT2D eigenvalue weighted by molar-refractivity contribution is 5.69. The van der Waals surface area contributed by atoms with Gasteiger partial charge in [0.05, 0.1) is 126 Å². The zero-order valence-electron chi connectivity index (χ0n) is 37.1. The van der Waals surface area contributed by atoms with Gasteiger partial charge in [-0.15, -0.1) is 0 Å². The van der Waals surface area contributed by atoms with Gasteiger partial charge in [0.25, 0.3) is 0 Å². The van der Waals surface area contributed by atoms with Crippen molar-refractivity contribution in [2.45, 2.75) is 149 Å². The standard InChI is InChI=1S/C45H90O12/c1-3-5-7-9-10-11-12-13-14-15-16-17-18-19-20-22-24-47-25-26-48-27-28-49-29-30-50-31-32-51-33-34-52-35-36-53-37-38-54-39-40-55-41-42-56-43-44-57-45(46)23-21-8-6-4-2/h3-44H2,1-2H3. The molecule has 0 aromatic rings. The van der Waals surface area contributed by atoms with Crippen molar-refractivity contribution in [3.8, 4) is 0 Å². The van der Waals surface area contributed by atoms with Gasteiger partial charge in [0.1, 0.15) is 6.61 Å². The summed E-state index contributed by atoms with van der Waals surface area (Å²) in [6.07, 6.45) is 26.9. The number of carbonyl (C=O) groups is 1. The molecule has 0 saturated carbocycles. The van der Waals surface area contributed by atoms with E-state index in [0.717, 1.165) is 38.7 Å². The molecular weight excluding hydrogens is 732 g/mol. The van der Waals surface area contributed by atoms with Crippen LogP contribution in [0.5, 0.6) is 0 Å². The van der Waals surface area contributed by atoms with Crippen molar-refractivity contribution in [3.63, 3.8) is 0 Å². The first kappa shape index (κ1) is 56.1. The summed E-state index contributed by atoms with van der Waals surface area (Å²) in [6.45, 7) is 15.4. The molecule has 0 N–H and O–H groups in total. The lowest BCUT2D eigenvalue weighted by Gasteiger charge is -2.09. The van der Waals surface area contributed by atoms with Crippen LogP contribution in [0.3, 0.4) is 0 Å². The lowest BCUT2D eigenvalue weighted by molar-refractivity contribution is -0.145. The van der Waals surface area contributed by atoms with Crippen molar-refractivity contribution in [1.29, 1.82) is 0 Å². The largest absolute Gasteiger partial charge is 0.463 e. The van der Waals surface area contributed by atoms with Gasteiger partial charge in [0.15, 0.2) is 0 Å². The predicted octanol–water partition coefficient (Wildman–Crippen LogP) is 8.93. The molecular formula is C45H90O12. The number of carbonyl (C=O) groups excluding carboxylic acids is 1. The topological polar surface area (TPSA) is 119 Å². The third-order valence-electron chi connectivity index (χ3n) is 9.22. The molecule has 12 nitrogen and oxygen atoms in total. The summed E-state index contributed by atoms with van der Waals surface area (Å²) in [5.74, 6) is -0.149. The third-order valence-corrected chi connectivity index (χ3v) is 9.22. The molecule has 0 heterocycles. The molecule has 0 saturated heterocycles. The SMILES string of the molecule is CCCCCCCCCCCCCCCCCCOCCOCCOCCOCCOCCOCCOCCOCCOCCOCCOC(=O)CCCCCC. The Hall–Kier alpha value is -0.930. The third kappa shape index (κ3) is 53.1. The summed E-state index contributed by atoms with van der Waals surface area (Å²) < 4.78 is 60.4. The number of esters is 1. The van der Waals surface area contributed by atoms with Crippen LogP contribution >= 0.6 is 0 Å². The van der Waals surface area contributed by atoms with Crippen molar-refractivity contribution in [2.24, 2.45) is 0 Å². The summed E-state index contributed by atoms with van der Waals surface area (Å²) in [7, 11) is 0. The Bertz CT molecular complexity index is 732. The maximum absolute atomic E-state index is 11.6. The number of ether oxygens (including phenoxy) is 11. The molecule has 0 aliphatic rings. The van der Waals surface area contributed by atoms with Crippen LogP contribution in [0.15, 0.2) is 0 Å². The van der Waals surface area contributed by atoms with Crippen LogP contribution in [-0.2, 0) is 56.9 Å². The first-order valence-corrected chi connectivity index (χ1v) is 23.2. The maximum atomic E-state index is 11.6. The molecule has 0 unspecified atom stereocenters. The number of hydrogen-bond acceptors (Lipinski definition) is 12. The summed E-state index contributed by atoms with van der Waals surface area (Å²) in [6, 6.07) is 0. The minimum atomic E-state index is -0.149. The highest BCUT2D eigenvalue weighted by Crippen LogP contribution is 2.13. The van der Waals surface area contributed by atoms with E-state index in [-0.39, 0.29) is 12.6 Å². The normalized spacial score (nSPS) is 11.5. The smallest absolute Gasteiger partial charge is 0.305 e. The lowest BCUT2D eigenvalue weighted by Crippen LogP contribution is -2.15. The van der Waals surface area contributed by atoms with E-state index in [1.165, 1.54) is 96.3 Å². The summed E-state index contributed by atoms with van der Waals surface area (Å²) in [5, 5.41) is 0. The molecule has 0 fully saturated rings. The Kier molecular flexibility index (Phi) is 52.2. The minimum Gasteiger partial charge on any atom is -0.463 e. The molecule has 0 aliphatic carbocycles. The Morgan fingerprint density at radius 3 is 0.737 bits per heavy atom. The van der Waals surface area contributed by atoms with Crippen LogP contribution in [0.1, 0.15) is 149 Å². The number of hydrogen-bond donors (Lipinski definition) is 0. The molecule has 342 valence electrons. The van der Waals surface area contributed by atoms with Crippen molar-refractivity contribution < 1.29 is 56.9 Å². The van der Waals surface area contributed by atoms with Crippen LogP contribution in [-0.4, -0.2) is 145 Å². The second-order valence-corrected chi connectivity index (χ2v) is 14.5. The van der Waals surface area contributed by atoms with E-state index in [9.17, 15) is 4.79 Å². The van der Waals surface area contributed by atoms with Gasteiger partial charge < -0.3 is 52.1 Å². The highest BCUT2D eigenvalue weighted by atomic mass is 16.6. The van der Waals surface area contributed by atoms with E-state index in [2.05, 4.69) is 13.8 Å². The molecule has 57 heavy (non-hydrogen) atoms. The number of rotatable bonds is 52. The average Bonchev–Trinajstić information content (AvgIpc) is 3.22. The zero-order valence-corrected chi connectivity index (χ0v) is 37.1. The van der Waals surface area contributed by atoms with Crippen molar-refractivity contribution in [2.75, 3.05) is 139 Å². The van der Waals surface area contributed by atoms with E-state index in [4.69, 9.17) is 52.1 Å².